The van der Waals surface area contributed by atoms with Gasteiger partial charge >= 0.3 is 0 Å². The Morgan fingerprint density at radius 3 is 2.06 bits per heavy atom. The van der Waals surface area contributed by atoms with Crippen LogP contribution in [0.15, 0.2) is 0 Å². The fourth-order valence-corrected chi connectivity index (χ4v) is 10.0. The molecule has 5 fully saturated rings. The highest BCUT2D eigenvalue weighted by Gasteiger charge is 2.39. The molecule has 0 aromatic heterocycles. The number of nitrogens with one attached hydrogen (secondary N) is 1. The lowest BCUT2D eigenvalue weighted by Crippen LogP contribution is -2.46. The van der Waals surface area contributed by atoms with E-state index in [0.717, 1.165) is 77.2 Å². The summed E-state index contributed by atoms with van der Waals surface area (Å²) in [5, 5.41) is 3.07. The summed E-state index contributed by atoms with van der Waals surface area (Å²) in [7, 11) is -2.95. The minimum absolute atomic E-state index is 0.117. The molecule has 6 nitrogen and oxygen atoms in total. The molecule has 0 spiro atoms. The van der Waals surface area contributed by atoms with E-state index in [1.54, 1.807) is 0 Å². The molecule has 204 valence electrons. The van der Waals surface area contributed by atoms with Crippen LogP contribution in [-0.4, -0.2) is 54.8 Å². The largest absolute Gasteiger partial charge is 0.353 e. The van der Waals surface area contributed by atoms with Crippen LogP contribution in [0, 0.1) is 23.7 Å². The SMILES string of the molecule is O=C(CC1CCC(S(=O)(=O)CC2CC2)CC1)NC1CCC(C(=O)N2CCCC2C2CCCCC2)CC1. The zero-order chi connectivity index (χ0) is 25.1. The standard InChI is InChI=1S/C29H48N2O4S/c32-28(19-21-10-16-26(17-11-21)36(34,35)20-22-8-9-22)30-25-14-12-24(13-15-25)29(33)31-18-4-7-27(31)23-5-2-1-3-6-23/h21-27H,1-20H2,(H,30,32). The molecule has 1 saturated heterocycles. The van der Waals surface area contributed by atoms with E-state index in [9.17, 15) is 18.0 Å². The summed E-state index contributed by atoms with van der Waals surface area (Å²) < 4.78 is 25.2. The molecule has 7 heteroatoms. The van der Waals surface area contributed by atoms with Crippen molar-refractivity contribution in [2.75, 3.05) is 12.3 Å². The van der Waals surface area contributed by atoms with Crippen molar-refractivity contribution in [2.24, 2.45) is 23.7 Å². The minimum atomic E-state index is -2.95. The summed E-state index contributed by atoms with van der Waals surface area (Å²) in [6, 6.07) is 0.665. The van der Waals surface area contributed by atoms with E-state index in [4.69, 9.17) is 0 Å². The van der Waals surface area contributed by atoms with E-state index >= 15 is 0 Å². The second-order valence-corrected chi connectivity index (χ2v) is 15.2. The number of hydrogen-bond acceptors (Lipinski definition) is 4. The van der Waals surface area contributed by atoms with E-state index in [1.165, 1.54) is 38.5 Å². The average molecular weight is 521 g/mol. The quantitative estimate of drug-likeness (QED) is 0.488. The number of amides is 2. The lowest BCUT2D eigenvalue weighted by molar-refractivity contribution is -0.138. The minimum Gasteiger partial charge on any atom is -0.353 e. The Hall–Kier alpha value is -1.11. The average Bonchev–Trinajstić information content (AvgIpc) is 3.54. The van der Waals surface area contributed by atoms with Gasteiger partial charge in [0.1, 0.15) is 0 Å². The zero-order valence-electron chi connectivity index (χ0n) is 22.2. The third-order valence-electron chi connectivity index (χ3n) is 10.2. The summed E-state index contributed by atoms with van der Waals surface area (Å²) in [5.74, 6) is 2.46. The van der Waals surface area contributed by atoms with Crippen molar-refractivity contribution >= 4 is 21.7 Å². The van der Waals surface area contributed by atoms with Crippen LogP contribution in [0.4, 0.5) is 0 Å². The van der Waals surface area contributed by atoms with Crippen LogP contribution in [0.2, 0.25) is 0 Å². The van der Waals surface area contributed by atoms with Gasteiger partial charge in [0.25, 0.3) is 0 Å². The normalized spacial score (nSPS) is 34.4. The molecule has 0 radical (unpaired) electrons. The molecule has 1 N–H and O–H groups in total. The van der Waals surface area contributed by atoms with Gasteiger partial charge in [-0.1, -0.05) is 19.3 Å². The van der Waals surface area contributed by atoms with Crippen molar-refractivity contribution in [3.63, 3.8) is 0 Å². The molecular formula is C29H48N2O4S. The van der Waals surface area contributed by atoms with Crippen molar-refractivity contribution in [1.82, 2.24) is 10.2 Å². The number of hydrogen-bond donors (Lipinski definition) is 1. The van der Waals surface area contributed by atoms with E-state index in [0.29, 0.717) is 41.9 Å². The Kier molecular flexibility index (Phi) is 8.64. The van der Waals surface area contributed by atoms with Gasteiger partial charge in [-0.15, -0.1) is 0 Å². The summed E-state index contributed by atoms with van der Waals surface area (Å²) in [5.41, 5.74) is 0. The first-order chi connectivity index (χ1) is 17.4. The van der Waals surface area contributed by atoms with Crippen LogP contribution in [0.3, 0.4) is 0 Å². The van der Waals surface area contributed by atoms with Gasteiger partial charge in [0, 0.05) is 31.0 Å². The molecule has 0 bridgehead atoms. The van der Waals surface area contributed by atoms with Crippen molar-refractivity contribution in [1.29, 1.82) is 0 Å². The van der Waals surface area contributed by atoms with E-state index < -0.39 is 9.84 Å². The van der Waals surface area contributed by atoms with E-state index in [-0.39, 0.29) is 23.1 Å². The van der Waals surface area contributed by atoms with Gasteiger partial charge in [0.15, 0.2) is 9.84 Å². The van der Waals surface area contributed by atoms with Gasteiger partial charge in [-0.3, -0.25) is 9.59 Å². The number of carbonyl (C=O) groups is 2. The predicted octanol–water partition coefficient (Wildman–Crippen LogP) is 5.01. The maximum Gasteiger partial charge on any atom is 0.225 e. The predicted molar refractivity (Wildman–Crippen MR) is 142 cm³/mol. The number of nitrogens with zero attached hydrogens (tertiary/aromatic N) is 1. The van der Waals surface area contributed by atoms with Crippen LogP contribution in [-0.2, 0) is 19.4 Å². The molecule has 0 aromatic carbocycles. The topological polar surface area (TPSA) is 83.5 Å². The molecule has 4 saturated carbocycles. The van der Waals surface area contributed by atoms with Gasteiger partial charge in [-0.05, 0) is 108 Å². The van der Waals surface area contributed by atoms with Crippen molar-refractivity contribution in [3.8, 4) is 0 Å². The maximum absolute atomic E-state index is 13.4. The van der Waals surface area contributed by atoms with Crippen molar-refractivity contribution in [2.45, 2.75) is 133 Å². The van der Waals surface area contributed by atoms with Crippen LogP contribution in [0.1, 0.15) is 116 Å². The number of sulfone groups is 1. The molecule has 5 rings (SSSR count). The summed E-state index contributed by atoms with van der Waals surface area (Å²) in [6.07, 6.45) is 18.3. The zero-order valence-corrected chi connectivity index (χ0v) is 23.0. The Morgan fingerprint density at radius 1 is 0.722 bits per heavy atom. The molecule has 1 atom stereocenters. The maximum atomic E-state index is 13.4. The molecule has 1 heterocycles. The smallest absolute Gasteiger partial charge is 0.225 e. The van der Waals surface area contributed by atoms with Crippen LogP contribution in [0.5, 0.6) is 0 Å². The Labute approximate surface area is 218 Å². The molecule has 36 heavy (non-hydrogen) atoms. The molecular weight excluding hydrogens is 472 g/mol. The second kappa shape index (κ2) is 11.7. The first-order valence-corrected chi connectivity index (χ1v) is 16.9. The molecule has 1 aliphatic heterocycles. The first kappa shape index (κ1) is 26.5. The molecule has 2 amide bonds. The fraction of sp³-hybridized carbons (Fsp3) is 0.931. The third kappa shape index (κ3) is 6.66. The highest BCUT2D eigenvalue weighted by Crippen LogP contribution is 2.38. The van der Waals surface area contributed by atoms with Gasteiger partial charge < -0.3 is 10.2 Å². The fourth-order valence-electron chi connectivity index (χ4n) is 7.79. The lowest BCUT2D eigenvalue weighted by atomic mass is 9.81. The molecule has 0 aromatic rings. The summed E-state index contributed by atoms with van der Waals surface area (Å²) in [6.45, 7) is 0.945. The van der Waals surface area contributed by atoms with E-state index in [1.807, 2.05) is 0 Å². The van der Waals surface area contributed by atoms with Gasteiger partial charge in [0.2, 0.25) is 11.8 Å². The summed E-state index contributed by atoms with van der Waals surface area (Å²) in [4.78, 5) is 28.4. The third-order valence-corrected chi connectivity index (χ3v) is 12.6. The molecule has 1 unspecified atom stereocenters. The monoisotopic (exact) mass is 520 g/mol. The molecule has 4 aliphatic carbocycles. The Balaban J connectivity index is 1.01. The Morgan fingerprint density at radius 2 is 1.39 bits per heavy atom. The summed E-state index contributed by atoms with van der Waals surface area (Å²) >= 11 is 0. The van der Waals surface area contributed by atoms with Crippen LogP contribution in [0.25, 0.3) is 0 Å². The number of likely N-dealkylation sites (tertiary alicyclic amines) is 1. The molecule has 5 aliphatic rings. The number of rotatable bonds is 8. The van der Waals surface area contributed by atoms with Crippen LogP contribution < -0.4 is 5.32 Å². The van der Waals surface area contributed by atoms with Crippen molar-refractivity contribution in [3.05, 3.63) is 0 Å². The highest BCUT2D eigenvalue weighted by atomic mass is 32.2. The highest BCUT2D eigenvalue weighted by molar-refractivity contribution is 7.92. The Bertz CT molecular complexity index is 864. The lowest BCUT2D eigenvalue weighted by Gasteiger charge is -2.37. The van der Waals surface area contributed by atoms with Gasteiger partial charge in [0.05, 0.1) is 11.0 Å². The van der Waals surface area contributed by atoms with Crippen molar-refractivity contribution < 1.29 is 18.0 Å². The van der Waals surface area contributed by atoms with Crippen LogP contribution >= 0.6 is 0 Å². The van der Waals surface area contributed by atoms with Gasteiger partial charge in [-0.2, -0.15) is 0 Å². The first-order valence-electron chi connectivity index (χ1n) is 15.2. The number of carbonyl (C=O) groups excluding carboxylic acids is 2. The van der Waals surface area contributed by atoms with Gasteiger partial charge in [-0.25, -0.2) is 8.42 Å². The van der Waals surface area contributed by atoms with E-state index in [2.05, 4.69) is 10.2 Å². The second-order valence-electron chi connectivity index (χ2n) is 12.9.